The van der Waals surface area contributed by atoms with E-state index in [0.29, 0.717) is 22.9 Å². The van der Waals surface area contributed by atoms with Crippen molar-refractivity contribution in [3.05, 3.63) is 63.7 Å². The maximum atomic E-state index is 11.9. The van der Waals surface area contributed by atoms with Crippen molar-refractivity contribution in [2.45, 2.75) is 20.8 Å². The Bertz CT molecular complexity index is 980. The zero-order valence-electron chi connectivity index (χ0n) is 14.6. The fourth-order valence-corrected chi connectivity index (χ4v) is 2.76. The van der Waals surface area contributed by atoms with Crippen molar-refractivity contribution < 1.29 is 9.47 Å². The minimum absolute atomic E-state index is 0.182. The van der Waals surface area contributed by atoms with E-state index in [1.165, 1.54) is 0 Å². The molecule has 6 heteroatoms. The topological polar surface area (TPSA) is 77.1 Å². The molecule has 0 aliphatic rings. The number of aryl methyl sites for hydroxylation is 2. The van der Waals surface area contributed by atoms with Crippen molar-refractivity contribution in [2.24, 2.45) is 0 Å². The van der Waals surface area contributed by atoms with E-state index in [4.69, 9.17) is 9.47 Å². The molecule has 25 heavy (non-hydrogen) atoms. The van der Waals surface area contributed by atoms with Gasteiger partial charge in [0.2, 0.25) is 0 Å². The first-order chi connectivity index (χ1) is 12.0. The summed E-state index contributed by atoms with van der Waals surface area (Å²) in [4.78, 5) is 16.1. The van der Waals surface area contributed by atoms with Gasteiger partial charge in [-0.3, -0.25) is 4.79 Å². The maximum absolute atomic E-state index is 11.9. The van der Waals surface area contributed by atoms with Gasteiger partial charge in [-0.1, -0.05) is 6.07 Å². The fourth-order valence-electron chi connectivity index (χ4n) is 2.76. The third-order valence-corrected chi connectivity index (χ3v) is 4.04. The highest BCUT2D eigenvalue weighted by Crippen LogP contribution is 2.33. The number of pyridine rings is 1. The van der Waals surface area contributed by atoms with Crippen molar-refractivity contribution in [1.29, 1.82) is 0 Å². The van der Waals surface area contributed by atoms with Crippen molar-refractivity contribution in [3.63, 3.8) is 0 Å². The average molecular weight is 337 g/mol. The predicted molar refractivity (Wildman–Crippen MR) is 95.4 cm³/mol. The van der Waals surface area contributed by atoms with Gasteiger partial charge in [0.15, 0.2) is 5.75 Å². The molecule has 0 unspecified atom stereocenters. The summed E-state index contributed by atoms with van der Waals surface area (Å²) in [5, 5.41) is 6.58. The summed E-state index contributed by atoms with van der Waals surface area (Å²) in [7, 11) is 1.57. The van der Waals surface area contributed by atoms with Gasteiger partial charge in [0.25, 0.3) is 11.4 Å². The monoisotopic (exact) mass is 337 g/mol. The highest BCUT2D eigenvalue weighted by atomic mass is 16.5. The molecule has 3 aromatic rings. The largest absolute Gasteiger partial charge is 0.491 e. The molecule has 0 atom stereocenters. The summed E-state index contributed by atoms with van der Waals surface area (Å²) in [6.45, 7) is 5.64. The Kier molecular flexibility index (Phi) is 4.52. The van der Waals surface area contributed by atoms with Gasteiger partial charge < -0.3 is 9.47 Å². The number of methoxy groups -OCH3 is 1. The molecule has 0 aliphatic heterocycles. The molecule has 0 spiro atoms. The number of nitrogens with one attached hydrogen (secondary N) is 1. The molecule has 1 N–H and O–H groups in total. The summed E-state index contributed by atoms with van der Waals surface area (Å²) in [5.74, 6) is 1.61. The first-order valence-corrected chi connectivity index (χ1v) is 7.85. The Balaban J connectivity index is 2.00. The lowest BCUT2D eigenvalue weighted by atomic mass is 9.96. The molecule has 0 saturated carbocycles. The lowest BCUT2D eigenvalue weighted by Crippen LogP contribution is -2.14. The van der Waals surface area contributed by atoms with Crippen LogP contribution < -0.4 is 15.0 Å². The number of hydrogen-bond acceptors (Lipinski definition) is 5. The molecule has 6 nitrogen and oxygen atoms in total. The standard InChI is InChI=1S/C19H19N3O3/c1-11-10-14(25-19-16(24-4)6-5-9-20-19)7-8-15(11)17-12(2)18(23)22-21-13(17)3/h5-10H,1-4H3,(H,22,23). The number of ether oxygens (including phenoxy) is 2. The highest BCUT2D eigenvalue weighted by Gasteiger charge is 2.14. The number of aromatic nitrogens is 3. The summed E-state index contributed by atoms with van der Waals surface area (Å²) < 4.78 is 11.1. The molecule has 0 radical (unpaired) electrons. The molecule has 0 amide bonds. The van der Waals surface area contributed by atoms with Crippen LogP contribution in [-0.2, 0) is 0 Å². The number of rotatable bonds is 4. The van der Waals surface area contributed by atoms with Crippen LogP contribution in [-0.4, -0.2) is 22.3 Å². The van der Waals surface area contributed by atoms with Gasteiger partial charge in [-0.25, -0.2) is 10.1 Å². The van der Waals surface area contributed by atoms with Gasteiger partial charge in [-0.2, -0.15) is 5.10 Å². The maximum Gasteiger partial charge on any atom is 0.267 e. The third kappa shape index (κ3) is 3.24. The molecule has 0 saturated heterocycles. The zero-order valence-corrected chi connectivity index (χ0v) is 14.6. The van der Waals surface area contributed by atoms with E-state index in [9.17, 15) is 4.79 Å². The first kappa shape index (κ1) is 16.7. The first-order valence-electron chi connectivity index (χ1n) is 7.85. The van der Waals surface area contributed by atoms with E-state index in [1.54, 1.807) is 32.4 Å². The van der Waals surface area contributed by atoms with Crippen LogP contribution in [0.2, 0.25) is 0 Å². The zero-order chi connectivity index (χ0) is 18.0. The Morgan fingerprint density at radius 3 is 2.64 bits per heavy atom. The molecule has 1 aromatic carbocycles. The highest BCUT2D eigenvalue weighted by molar-refractivity contribution is 5.72. The molecule has 0 aliphatic carbocycles. The van der Waals surface area contributed by atoms with Crippen LogP contribution >= 0.6 is 0 Å². The average Bonchev–Trinajstić information content (AvgIpc) is 2.61. The van der Waals surface area contributed by atoms with Gasteiger partial charge in [-0.15, -0.1) is 0 Å². The molecular formula is C19H19N3O3. The van der Waals surface area contributed by atoms with E-state index in [0.717, 1.165) is 22.4 Å². The smallest absolute Gasteiger partial charge is 0.267 e. The van der Waals surface area contributed by atoms with Crippen LogP contribution in [0.4, 0.5) is 0 Å². The molecule has 0 bridgehead atoms. The molecule has 2 heterocycles. The Hall–Kier alpha value is -3.15. The van der Waals surface area contributed by atoms with Gasteiger partial charge >= 0.3 is 0 Å². The molecule has 128 valence electrons. The number of nitrogens with zero attached hydrogens (tertiary/aromatic N) is 2. The molecule has 3 rings (SSSR count). The molecule has 2 aromatic heterocycles. The third-order valence-electron chi connectivity index (χ3n) is 4.04. The van der Waals surface area contributed by atoms with Gasteiger partial charge in [0.05, 0.1) is 12.8 Å². The molecule has 0 fully saturated rings. The minimum atomic E-state index is -0.182. The quantitative estimate of drug-likeness (QED) is 0.788. The Morgan fingerprint density at radius 2 is 1.92 bits per heavy atom. The predicted octanol–water partition coefficient (Wildman–Crippen LogP) is 3.56. The van der Waals surface area contributed by atoms with Crippen molar-refractivity contribution in [2.75, 3.05) is 7.11 Å². The van der Waals surface area contributed by atoms with E-state index in [1.807, 2.05) is 32.0 Å². The van der Waals surface area contributed by atoms with E-state index in [-0.39, 0.29) is 5.56 Å². The minimum Gasteiger partial charge on any atom is -0.491 e. The van der Waals surface area contributed by atoms with Gasteiger partial charge in [-0.05, 0) is 56.2 Å². The summed E-state index contributed by atoms with van der Waals surface area (Å²) in [5.41, 5.74) is 4.03. The second-order valence-electron chi connectivity index (χ2n) is 5.73. The van der Waals surface area contributed by atoms with Gasteiger partial charge in [0, 0.05) is 17.3 Å². The van der Waals surface area contributed by atoms with Crippen LogP contribution in [0.15, 0.2) is 41.3 Å². The number of H-pyrrole nitrogens is 1. The number of hydrogen-bond donors (Lipinski definition) is 1. The summed E-state index contributed by atoms with van der Waals surface area (Å²) in [6, 6.07) is 9.25. The van der Waals surface area contributed by atoms with Crippen molar-refractivity contribution in [3.8, 4) is 28.5 Å². The van der Waals surface area contributed by atoms with Crippen LogP contribution in [0.3, 0.4) is 0 Å². The van der Waals surface area contributed by atoms with Crippen molar-refractivity contribution in [1.82, 2.24) is 15.2 Å². The van der Waals surface area contributed by atoms with E-state index in [2.05, 4.69) is 15.2 Å². The molecular weight excluding hydrogens is 318 g/mol. The van der Waals surface area contributed by atoms with Crippen LogP contribution in [0.25, 0.3) is 11.1 Å². The van der Waals surface area contributed by atoms with E-state index < -0.39 is 0 Å². The lowest BCUT2D eigenvalue weighted by molar-refractivity contribution is 0.369. The van der Waals surface area contributed by atoms with Gasteiger partial charge in [0.1, 0.15) is 5.75 Å². The van der Waals surface area contributed by atoms with Crippen LogP contribution in [0.5, 0.6) is 17.4 Å². The summed E-state index contributed by atoms with van der Waals surface area (Å²) in [6.07, 6.45) is 1.65. The number of aromatic amines is 1. The van der Waals surface area contributed by atoms with Crippen molar-refractivity contribution >= 4 is 0 Å². The second kappa shape index (κ2) is 6.76. The van der Waals surface area contributed by atoms with Crippen LogP contribution in [0, 0.1) is 20.8 Å². The normalized spacial score (nSPS) is 10.6. The summed E-state index contributed by atoms with van der Waals surface area (Å²) >= 11 is 0. The second-order valence-corrected chi connectivity index (χ2v) is 5.73. The van der Waals surface area contributed by atoms with Crippen LogP contribution in [0.1, 0.15) is 16.8 Å². The number of benzene rings is 1. The lowest BCUT2D eigenvalue weighted by Gasteiger charge is -2.13. The Labute approximate surface area is 145 Å². The Morgan fingerprint density at radius 1 is 1.12 bits per heavy atom. The fraction of sp³-hybridized carbons (Fsp3) is 0.211. The SMILES string of the molecule is COc1cccnc1Oc1ccc(-c2c(C)n[nH]c(=O)c2C)c(C)c1. The van der Waals surface area contributed by atoms with E-state index >= 15 is 0 Å².